The number of halogens is 1. The van der Waals surface area contributed by atoms with Crippen molar-refractivity contribution >= 4 is 11.9 Å². The monoisotopic (exact) mass is 323 g/mol. The number of hydrogen-bond donors (Lipinski definition) is 0. The molecule has 0 N–H and O–H groups in total. The Morgan fingerprint density at radius 3 is 2.91 bits per heavy atom. The number of hydrogen-bond acceptors (Lipinski definition) is 4. The van der Waals surface area contributed by atoms with Gasteiger partial charge in [-0.05, 0) is 38.8 Å². The molecule has 1 aromatic rings. The number of likely N-dealkylation sites (tertiary alicyclic amines) is 1. The molecule has 0 radical (unpaired) electrons. The maximum absolute atomic E-state index is 13.2. The Labute approximate surface area is 135 Å². The standard InChI is InChI=1S/C17H22FNO4/c1-3-22-17(21)13-6-5-9-19(11-13)16(20)12(2)23-15-8-4-7-14(18)10-15/h4,7-8,10,12-13H,3,5-6,9,11H2,1-2H3. The molecule has 1 aliphatic rings. The second kappa shape index (κ2) is 7.94. The minimum absolute atomic E-state index is 0.205. The fourth-order valence-electron chi connectivity index (χ4n) is 2.68. The molecule has 2 rings (SSSR count). The van der Waals surface area contributed by atoms with Gasteiger partial charge in [0.1, 0.15) is 11.6 Å². The second-order valence-electron chi connectivity index (χ2n) is 5.59. The first kappa shape index (κ1) is 17.2. The lowest BCUT2D eigenvalue weighted by atomic mass is 9.98. The van der Waals surface area contributed by atoms with Gasteiger partial charge in [-0.15, -0.1) is 0 Å². The van der Waals surface area contributed by atoms with Gasteiger partial charge < -0.3 is 14.4 Å². The van der Waals surface area contributed by atoms with Gasteiger partial charge in [0.15, 0.2) is 6.10 Å². The lowest BCUT2D eigenvalue weighted by Crippen LogP contribution is -2.47. The Kier molecular flexibility index (Phi) is 5.96. The van der Waals surface area contributed by atoms with Crippen LogP contribution in [0.25, 0.3) is 0 Å². The van der Waals surface area contributed by atoms with Crippen molar-refractivity contribution in [1.29, 1.82) is 0 Å². The molecule has 6 heteroatoms. The molecule has 0 spiro atoms. The number of carbonyl (C=O) groups is 2. The molecule has 2 atom stereocenters. The second-order valence-corrected chi connectivity index (χ2v) is 5.59. The number of piperidine rings is 1. The van der Waals surface area contributed by atoms with Crippen molar-refractivity contribution in [3.8, 4) is 5.75 Å². The predicted octanol–water partition coefficient (Wildman–Crippen LogP) is 2.39. The topological polar surface area (TPSA) is 55.8 Å². The minimum Gasteiger partial charge on any atom is -0.481 e. The lowest BCUT2D eigenvalue weighted by molar-refractivity contribution is -0.152. The summed E-state index contributed by atoms with van der Waals surface area (Å²) < 4.78 is 23.7. The normalized spacial score (nSPS) is 19.1. The van der Waals surface area contributed by atoms with E-state index < -0.39 is 11.9 Å². The van der Waals surface area contributed by atoms with Crippen LogP contribution in [0.1, 0.15) is 26.7 Å². The maximum Gasteiger partial charge on any atom is 0.310 e. The molecule has 0 bridgehead atoms. The number of benzene rings is 1. The molecule has 1 aromatic carbocycles. The van der Waals surface area contributed by atoms with Gasteiger partial charge in [0.25, 0.3) is 5.91 Å². The SMILES string of the molecule is CCOC(=O)C1CCCN(C(=O)C(C)Oc2cccc(F)c2)C1. The van der Waals surface area contributed by atoms with E-state index in [0.29, 0.717) is 25.4 Å². The van der Waals surface area contributed by atoms with Crippen LogP contribution in [0, 0.1) is 11.7 Å². The lowest BCUT2D eigenvalue weighted by Gasteiger charge is -2.33. The average Bonchev–Trinajstić information content (AvgIpc) is 2.54. The number of ether oxygens (including phenoxy) is 2. The third kappa shape index (κ3) is 4.68. The van der Waals surface area contributed by atoms with E-state index in [4.69, 9.17) is 9.47 Å². The van der Waals surface area contributed by atoms with Crippen LogP contribution in [0.4, 0.5) is 4.39 Å². The van der Waals surface area contributed by atoms with E-state index >= 15 is 0 Å². The van der Waals surface area contributed by atoms with Crippen molar-refractivity contribution in [2.45, 2.75) is 32.8 Å². The van der Waals surface area contributed by atoms with Gasteiger partial charge in [0, 0.05) is 19.2 Å². The number of rotatable bonds is 5. The molecule has 1 fully saturated rings. The Morgan fingerprint density at radius 2 is 2.22 bits per heavy atom. The van der Waals surface area contributed by atoms with Gasteiger partial charge in [-0.1, -0.05) is 6.07 Å². The zero-order chi connectivity index (χ0) is 16.8. The van der Waals surface area contributed by atoms with Crippen molar-refractivity contribution in [2.75, 3.05) is 19.7 Å². The van der Waals surface area contributed by atoms with Crippen molar-refractivity contribution in [2.24, 2.45) is 5.92 Å². The van der Waals surface area contributed by atoms with Gasteiger partial charge in [0.2, 0.25) is 0 Å². The zero-order valence-electron chi connectivity index (χ0n) is 13.5. The van der Waals surface area contributed by atoms with Crippen LogP contribution < -0.4 is 4.74 Å². The highest BCUT2D eigenvalue weighted by molar-refractivity contribution is 5.82. The summed E-state index contributed by atoms with van der Waals surface area (Å²) in [6.45, 7) is 4.65. The highest BCUT2D eigenvalue weighted by Crippen LogP contribution is 2.20. The van der Waals surface area contributed by atoms with E-state index in [1.54, 1.807) is 24.8 Å². The molecule has 5 nitrogen and oxygen atoms in total. The zero-order valence-corrected chi connectivity index (χ0v) is 13.5. The predicted molar refractivity (Wildman–Crippen MR) is 82.4 cm³/mol. The summed E-state index contributed by atoms with van der Waals surface area (Å²) >= 11 is 0. The van der Waals surface area contributed by atoms with E-state index in [9.17, 15) is 14.0 Å². The van der Waals surface area contributed by atoms with Crippen LogP contribution in [0.15, 0.2) is 24.3 Å². The third-order valence-electron chi connectivity index (χ3n) is 3.81. The molecule has 2 unspecified atom stereocenters. The van der Waals surface area contributed by atoms with E-state index in [2.05, 4.69) is 0 Å². The Morgan fingerprint density at radius 1 is 1.43 bits per heavy atom. The first-order chi connectivity index (χ1) is 11.0. The summed E-state index contributed by atoms with van der Waals surface area (Å²) in [5.74, 6) is -0.853. The van der Waals surface area contributed by atoms with Crippen LogP contribution >= 0.6 is 0 Å². The van der Waals surface area contributed by atoms with Crippen LogP contribution in [-0.2, 0) is 14.3 Å². The number of esters is 1. The first-order valence-corrected chi connectivity index (χ1v) is 7.89. The van der Waals surface area contributed by atoms with Crippen LogP contribution in [0.2, 0.25) is 0 Å². The summed E-state index contributed by atoms with van der Waals surface area (Å²) in [4.78, 5) is 25.9. The molecule has 126 valence electrons. The first-order valence-electron chi connectivity index (χ1n) is 7.89. The largest absolute Gasteiger partial charge is 0.481 e. The van der Waals surface area contributed by atoms with Crippen LogP contribution in [0.5, 0.6) is 5.75 Å². The van der Waals surface area contributed by atoms with Gasteiger partial charge in [-0.2, -0.15) is 0 Å². The highest BCUT2D eigenvalue weighted by atomic mass is 19.1. The van der Waals surface area contributed by atoms with Gasteiger partial charge >= 0.3 is 5.97 Å². The minimum atomic E-state index is -0.738. The number of carbonyl (C=O) groups excluding carboxylic acids is 2. The van der Waals surface area contributed by atoms with E-state index in [1.807, 2.05) is 0 Å². The fraction of sp³-hybridized carbons (Fsp3) is 0.529. The van der Waals surface area contributed by atoms with Crippen molar-refractivity contribution in [1.82, 2.24) is 4.90 Å². The number of nitrogens with zero attached hydrogens (tertiary/aromatic N) is 1. The van der Waals surface area contributed by atoms with Gasteiger partial charge in [-0.25, -0.2) is 4.39 Å². The Bertz CT molecular complexity index is 563. The Hall–Kier alpha value is -2.11. The molecular formula is C17H22FNO4. The average molecular weight is 323 g/mol. The van der Waals surface area contributed by atoms with Crippen LogP contribution in [-0.4, -0.2) is 42.6 Å². The quantitative estimate of drug-likeness (QED) is 0.781. The van der Waals surface area contributed by atoms with Gasteiger partial charge in [-0.3, -0.25) is 9.59 Å². The molecule has 0 aromatic heterocycles. The molecule has 1 amide bonds. The fourth-order valence-corrected chi connectivity index (χ4v) is 2.68. The summed E-state index contributed by atoms with van der Waals surface area (Å²) in [7, 11) is 0. The molecule has 0 aliphatic carbocycles. The molecule has 1 saturated heterocycles. The number of amides is 1. The Balaban J connectivity index is 1.94. The molecule has 23 heavy (non-hydrogen) atoms. The summed E-state index contributed by atoms with van der Waals surface area (Å²) in [5, 5.41) is 0. The third-order valence-corrected chi connectivity index (χ3v) is 3.81. The summed E-state index contributed by atoms with van der Waals surface area (Å²) in [6.07, 6.45) is 0.738. The van der Waals surface area contributed by atoms with Crippen molar-refractivity contribution in [3.05, 3.63) is 30.1 Å². The van der Waals surface area contributed by atoms with Crippen LogP contribution in [0.3, 0.4) is 0 Å². The molecule has 1 heterocycles. The summed E-state index contributed by atoms with van der Waals surface area (Å²) in [5.41, 5.74) is 0. The summed E-state index contributed by atoms with van der Waals surface area (Å²) in [6, 6.07) is 5.68. The van der Waals surface area contributed by atoms with Crippen molar-refractivity contribution in [3.63, 3.8) is 0 Å². The van der Waals surface area contributed by atoms with Crippen molar-refractivity contribution < 1.29 is 23.5 Å². The maximum atomic E-state index is 13.2. The van der Waals surface area contributed by atoms with E-state index in [0.717, 1.165) is 12.8 Å². The molecule has 1 aliphatic heterocycles. The van der Waals surface area contributed by atoms with Gasteiger partial charge in [0.05, 0.1) is 12.5 Å². The smallest absolute Gasteiger partial charge is 0.310 e. The highest BCUT2D eigenvalue weighted by Gasteiger charge is 2.31. The molecular weight excluding hydrogens is 301 g/mol. The van der Waals surface area contributed by atoms with E-state index in [-0.39, 0.29) is 17.8 Å². The van der Waals surface area contributed by atoms with E-state index in [1.165, 1.54) is 18.2 Å². The molecule has 0 saturated carbocycles.